The fourth-order valence-electron chi connectivity index (χ4n) is 1.87. The van der Waals surface area contributed by atoms with Gasteiger partial charge in [0.2, 0.25) is 21.5 Å². The molecular weight excluding hydrogens is 443 g/mol. The van der Waals surface area contributed by atoms with E-state index in [4.69, 9.17) is 62.7 Å². The highest BCUT2D eigenvalue weighted by Crippen LogP contribution is 2.44. The highest BCUT2D eigenvalue weighted by atomic mass is 35.5. The first-order chi connectivity index (χ1) is 11.1. The van der Waals surface area contributed by atoms with Gasteiger partial charge in [-0.3, -0.25) is 4.79 Å². The van der Waals surface area contributed by atoms with Crippen LogP contribution < -0.4 is 4.72 Å². The third-order valence-electron chi connectivity index (χ3n) is 3.11. The second-order valence-electron chi connectivity index (χ2n) is 4.53. The van der Waals surface area contributed by atoms with Crippen molar-refractivity contribution in [2.24, 2.45) is 0 Å². The van der Waals surface area contributed by atoms with E-state index < -0.39 is 41.7 Å². The van der Waals surface area contributed by atoms with Crippen LogP contribution in [-0.4, -0.2) is 27.0 Å². The fourth-order valence-corrected chi connectivity index (χ4v) is 4.55. The van der Waals surface area contributed by atoms with Crippen molar-refractivity contribution in [2.45, 2.75) is 10.6 Å². The SMILES string of the molecule is COC1(NS(=O)(=O)c2ccc(Cl)cc2)C(Cl)=C(Cl)C(=O)C(Cl)=C1Cl. The molecule has 1 aromatic rings. The normalized spacial score (nSPS) is 18.3. The zero-order valence-electron chi connectivity index (χ0n) is 11.7. The molecule has 1 aliphatic rings. The maximum Gasteiger partial charge on any atom is 0.243 e. The summed E-state index contributed by atoms with van der Waals surface area (Å²) < 4.78 is 32.5. The molecule has 1 N–H and O–H groups in total. The van der Waals surface area contributed by atoms with Crippen LogP contribution in [0.3, 0.4) is 0 Å². The molecule has 1 aromatic carbocycles. The molecule has 0 spiro atoms. The molecule has 0 heterocycles. The Hall–Kier alpha value is -0.310. The maximum absolute atomic E-state index is 12.6. The molecule has 0 bridgehead atoms. The van der Waals surface area contributed by atoms with Gasteiger partial charge in [-0.25, -0.2) is 8.42 Å². The highest BCUT2D eigenvalue weighted by Gasteiger charge is 2.49. The van der Waals surface area contributed by atoms with Crippen molar-refractivity contribution in [1.82, 2.24) is 4.72 Å². The number of ether oxygens (including phenoxy) is 1. The van der Waals surface area contributed by atoms with Crippen LogP contribution in [0.15, 0.2) is 49.3 Å². The lowest BCUT2D eigenvalue weighted by Crippen LogP contribution is -2.53. The van der Waals surface area contributed by atoms with E-state index in [9.17, 15) is 13.2 Å². The number of nitrogens with one attached hydrogen (secondary N) is 1. The Bertz CT molecular complexity index is 833. The average molecular weight is 452 g/mol. The lowest BCUT2D eigenvalue weighted by atomic mass is 10.1. The molecule has 24 heavy (non-hydrogen) atoms. The minimum atomic E-state index is -4.18. The summed E-state index contributed by atoms with van der Waals surface area (Å²) in [7, 11) is -3.05. The van der Waals surface area contributed by atoms with Crippen LogP contribution in [0.25, 0.3) is 0 Å². The number of ketones is 1. The van der Waals surface area contributed by atoms with Gasteiger partial charge in [0, 0.05) is 12.1 Å². The van der Waals surface area contributed by atoms with E-state index in [-0.39, 0.29) is 4.90 Å². The van der Waals surface area contributed by atoms with Crippen LogP contribution in [0.5, 0.6) is 0 Å². The van der Waals surface area contributed by atoms with Gasteiger partial charge < -0.3 is 4.74 Å². The zero-order chi connectivity index (χ0) is 18.3. The lowest BCUT2D eigenvalue weighted by Gasteiger charge is -2.35. The predicted octanol–water partition coefficient (Wildman–Crippen LogP) is 3.92. The predicted molar refractivity (Wildman–Crippen MR) is 94.0 cm³/mol. The Kier molecular flexibility index (Phi) is 5.94. The number of sulfonamides is 1. The first kappa shape index (κ1) is 20.0. The van der Waals surface area contributed by atoms with Crippen molar-refractivity contribution in [2.75, 3.05) is 7.11 Å². The number of benzene rings is 1. The van der Waals surface area contributed by atoms with Crippen LogP contribution in [-0.2, 0) is 19.6 Å². The van der Waals surface area contributed by atoms with E-state index in [0.717, 1.165) is 7.11 Å². The molecule has 0 amide bonds. The summed E-state index contributed by atoms with van der Waals surface area (Å²) in [6.45, 7) is 0. The van der Waals surface area contributed by atoms with Crippen LogP contribution in [0, 0.1) is 0 Å². The molecule has 11 heteroatoms. The van der Waals surface area contributed by atoms with Crippen molar-refractivity contribution in [1.29, 1.82) is 0 Å². The van der Waals surface area contributed by atoms with Gasteiger partial charge in [0.25, 0.3) is 0 Å². The topological polar surface area (TPSA) is 72.5 Å². The Morgan fingerprint density at radius 3 is 1.83 bits per heavy atom. The standard InChI is InChI=1S/C13H8Cl5NO4S/c1-23-13(11(17)8(15)10(20)9(16)12(13)18)19-24(21,22)7-4-2-6(14)3-5-7/h2-5,19H,1H3. The molecule has 0 saturated carbocycles. The molecule has 0 aliphatic heterocycles. The summed E-state index contributed by atoms with van der Waals surface area (Å²) in [6, 6.07) is 5.30. The number of carbonyl (C=O) groups excluding carboxylic acids is 1. The monoisotopic (exact) mass is 449 g/mol. The second-order valence-corrected chi connectivity index (χ2v) is 8.16. The van der Waals surface area contributed by atoms with Gasteiger partial charge in [0.1, 0.15) is 10.1 Å². The number of halogens is 5. The van der Waals surface area contributed by atoms with Crippen molar-refractivity contribution in [3.05, 3.63) is 49.4 Å². The summed E-state index contributed by atoms with van der Waals surface area (Å²) in [5.41, 5.74) is -2.12. The highest BCUT2D eigenvalue weighted by molar-refractivity contribution is 7.89. The quantitative estimate of drug-likeness (QED) is 0.705. The van der Waals surface area contributed by atoms with Crippen LogP contribution in [0.4, 0.5) is 0 Å². The molecule has 0 radical (unpaired) electrons. The van der Waals surface area contributed by atoms with Gasteiger partial charge in [-0.2, -0.15) is 4.72 Å². The number of carbonyl (C=O) groups is 1. The van der Waals surface area contributed by atoms with E-state index in [1.165, 1.54) is 24.3 Å². The Morgan fingerprint density at radius 1 is 0.958 bits per heavy atom. The Balaban J connectivity index is 2.59. The number of methoxy groups -OCH3 is 1. The molecule has 130 valence electrons. The third-order valence-corrected chi connectivity index (χ3v) is 6.64. The summed E-state index contributed by atoms with van der Waals surface area (Å²) in [6.07, 6.45) is 0. The maximum atomic E-state index is 12.6. The van der Waals surface area contributed by atoms with Gasteiger partial charge in [0.05, 0.1) is 15.0 Å². The van der Waals surface area contributed by atoms with Gasteiger partial charge in [-0.1, -0.05) is 58.0 Å². The average Bonchev–Trinajstić information content (AvgIpc) is 2.55. The molecule has 0 fully saturated rings. The van der Waals surface area contributed by atoms with Gasteiger partial charge >= 0.3 is 0 Å². The first-order valence-corrected chi connectivity index (χ1v) is 9.45. The Labute approximate surface area is 163 Å². The third kappa shape index (κ3) is 3.34. The van der Waals surface area contributed by atoms with Crippen LogP contribution in [0.1, 0.15) is 0 Å². The minimum Gasteiger partial charge on any atom is -0.353 e. The number of allylic oxidation sites excluding steroid dienone is 2. The van der Waals surface area contributed by atoms with E-state index in [1.54, 1.807) is 0 Å². The number of Topliss-reactive ketones (excluding diaryl/α,β-unsaturated/α-hetero) is 1. The molecule has 0 saturated heterocycles. The van der Waals surface area contributed by atoms with Crippen molar-refractivity contribution in [3.63, 3.8) is 0 Å². The van der Waals surface area contributed by atoms with Gasteiger partial charge in [-0.05, 0) is 24.3 Å². The first-order valence-electron chi connectivity index (χ1n) is 6.07. The molecule has 0 unspecified atom stereocenters. The smallest absolute Gasteiger partial charge is 0.243 e. The minimum absolute atomic E-state index is 0.138. The van der Waals surface area contributed by atoms with Crippen molar-refractivity contribution in [3.8, 4) is 0 Å². The summed E-state index contributed by atoms with van der Waals surface area (Å²) in [4.78, 5) is 11.7. The van der Waals surface area contributed by atoms with E-state index in [1.807, 2.05) is 0 Å². The second kappa shape index (κ2) is 7.13. The summed E-state index contributed by atoms with van der Waals surface area (Å²) in [5.74, 6) is -0.841. The van der Waals surface area contributed by atoms with Gasteiger partial charge in [0.15, 0.2) is 0 Å². The van der Waals surface area contributed by atoms with E-state index >= 15 is 0 Å². The van der Waals surface area contributed by atoms with Crippen LogP contribution >= 0.6 is 58.0 Å². The van der Waals surface area contributed by atoms with E-state index in [2.05, 4.69) is 4.72 Å². The zero-order valence-corrected chi connectivity index (χ0v) is 16.3. The molecule has 0 aromatic heterocycles. The van der Waals surface area contributed by atoms with Gasteiger partial charge in [-0.15, -0.1) is 0 Å². The molecule has 0 atom stereocenters. The Morgan fingerprint density at radius 2 is 1.42 bits per heavy atom. The van der Waals surface area contributed by atoms with Crippen molar-refractivity contribution >= 4 is 73.8 Å². The largest absolute Gasteiger partial charge is 0.353 e. The fraction of sp³-hybridized carbons (Fsp3) is 0.154. The molecular formula is C13H8Cl5NO4S. The number of rotatable bonds is 4. The van der Waals surface area contributed by atoms with E-state index in [0.29, 0.717) is 5.02 Å². The molecule has 1 aliphatic carbocycles. The van der Waals surface area contributed by atoms with Crippen molar-refractivity contribution < 1.29 is 17.9 Å². The molecule has 5 nitrogen and oxygen atoms in total. The summed E-state index contributed by atoms with van der Waals surface area (Å²) in [5, 5.41) is -1.58. The lowest BCUT2D eigenvalue weighted by molar-refractivity contribution is -0.111. The molecule has 2 rings (SSSR count). The van der Waals surface area contributed by atoms with Crippen LogP contribution in [0.2, 0.25) is 5.02 Å². The summed E-state index contributed by atoms with van der Waals surface area (Å²) >= 11 is 29.5. The number of hydrogen-bond donors (Lipinski definition) is 1. The number of hydrogen-bond acceptors (Lipinski definition) is 4.